The van der Waals surface area contributed by atoms with Gasteiger partial charge in [0, 0.05) is 12.6 Å². The van der Waals surface area contributed by atoms with Gasteiger partial charge in [-0.3, -0.25) is 14.4 Å². The Morgan fingerprint density at radius 3 is 1.83 bits per heavy atom. The Bertz CT molecular complexity index is 596. The summed E-state index contributed by atoms with van der Waals surface area (Å²) in [5.74, 6) is -2.50. The highest BCUT2D eigenvalue weighted by atomic mass is 16.4. The molecule has 1 rings (SSSR count). The monoisotopic (exact) mass is 432 g/mol. The molecule has 0 radical (unpaired) electrons. The predicted molar refractivity (Wildman–Crippen MR) is 111 cm³/mol. The molecule has 1 heterocycles. The van der Waals surface area contributed by atoms with E-state index in [9.17, 15) is 14.4 Å². The van der Waals surface area contributed by atoms with Gasteiger partial charge in [-0.1, -0.05) is 20.3 Å². The largest absolute Gasteiger partial charge is 0.480 e. The lowest BCUT2D eigenvalue weighted by molar-refractivity contribution is -0.139. The summed E-state index contributed by atoms with van der Waals surface area (Å²) >= 11 is 0. The number of carbonyl (C=O) groups is 3. The van der Waals surface area contributed by atoms with Crippen LogP contribution < -0.4 is 22.9 Å². The van der Waals surface area contributed by atoms with Gasteiger partial charge < -0.3 is 43.2 Å². The van der Waals surface area contributed by atoms with Crippen molar-refractivity contribution in [3.63, 3.8) is 0 Å². The molecule has 0 saturated heterocycles. The summed E-state index contributed by atoms with van der Waals surface area (Å²) in [5.41, 5.74) is 21.6. The number of unbranched alkanes of at least 4 members (excludes halogenated alkanes) is 1. The lowest BCUT2D eigenvalue weighted by Crippen LogP contribution is -2.32. The Labute approximate surface area is 176 Å². The quantitative estimate of drug-likeness (QED) is 0.204. The minimum Gasteiger partial charge on any atom is -0.480 e. The molecule has 1 aromatic heterocycles. The van der Waals surface area contributed by atoms with Crippen LogP contribution in [0.25, 0.3) is 0 Å². The molecule has 30 heavy (non-hydrogen) atoms. The van der Waals surface area contributed by atoms with Crippen LogP contribution in [0.2, 0.25) is 0 Å². The first-order chi connectivity index (χ1) is 13.9. The van der Waals surface area contributed by atoms with Crippen LogP contribution in [0.5, 0.6) is 0 Å². The first kappa shape index (κ1) is 29.7. The van der Waals surface area contributed by atoms with Gasteiger partial charge in [-0.15, -0.1) is 0 Å². The number of imidazole rings is 1. The minimum atomic E-state index is -1.01. The number of H-pyrrole nitrogens is 1. The van der Waals surface area contributed by atoms with Gasteiger partial charge in [-0.25, -0.2) is 4.98 Å². The summed E-state index contributed by atoms with van der Waals surface area (Å²) < 4.78 is 0. The smallest absolute Gasteiger partial charge is 0.320 e. The first-order valence-electron chi connectivity index (χ1n) is 9.55. The molecule has 0 aliphatic heterocycles. The number of nitrogens with two attached hydrogens (primary N) is 4. The summed E-state index contributed by atoms with van der Waals surface area (Å²) in [5, 5.41) is 25.0. The van der Waals surface area contributed by atoms with Crippen molar-refractivity contribution in [2.45, 2.75) is 64.1 Å². The zero-order chi connectivity index (χ0) is 23.7. The topological polar surface area (TPSA) is 245 Å². The SMILES string of the molecule is CC(C)C[C@H](N)C(=O)O.NCCCC[C@H](N)C(=O)O.N[C@@H](Cc1c[nH]cn1)C(=O)O. The van der Waals surface area contributed by atoms with Crippen LogP contribution >= 0.6 is 0 Å². The molecular formula is C18H36N6O6. The van der Waals surface area contributed by atoms with Crippen molar-refractivity contribution in [2.24, 2.45) is 28.9 Å². The third-order valence-electron chi connectivity index (χ3n) is 3.63. The van der Waals surface area contributed by atoms with Gasteiger partial charge >= 0.3 is 17.9 Å². The Morgan fingerprint density at radius 1 is 0.967 bits per heavy atom. The van der Waals surface area contributed by atoms with E-state index in [0.29, 0.717) is 31.0 Å². The number of rotatable bonds is 11. The number of hydrogen-bond acceptors (Lipinski definition) is 8. The standard InChI is InChI=1S/C6H9N3O2.C6H14N2O2.C6H13NO2/c7-5(6(10)11)1-4-2-8-3-9-4;7-4-2-1-3-5(8)6(9)10;1-4(2)3-5(7)6(8)9/h2-3,5H,1,7H2,(H,8,9)(H,10,11);5H,1-4,7-8H2,(H,9,10);4-5H,3,7H2,1-2H3,(H,8,9)/t3*5-/m000/s1. The van der Waals surface area contributed by atoms with E-state index in [1.54, 1.807) is 6.20 Å². The number of aliphatic carboxylic acids is 3. The van der Waals surface area contributed by atoms with Crippen LogP contribution in [0, 0.1) is 5.92 Å². The Balaban J connectivity index is 0. The van der Waals surface area contributed by atoms with E-state index >= 15 is 0 Å². The van der Waals surface area contributed by atoms with Gasteiger partial charge in [-0.05, 0) is 31.7 Å². The van der Waals surface area contributed by atoms with E-state index in [1.165, 1.54) is 6.33 Å². The van der Waals surface area contributed by atoms with Crippen molar-refractivity contribution >= 4 is 17.9 Å². The second kappa shape index (κ2) is 17.3. The molecule has 1 aromatic rings. The highest BCUT2D eigenvalue weighted by molar-refractivity contribution is 5.73. The second-order valence-electron chi connectivity index (χ2n) is 7.01. The number of aromatic amines is 1. The molecule has 12 nitrogen and oxygen atoms in total. The van der Waals surface area contributed by atoms with Crippen LogP contribution in [0.4, 0.5) is 0 Å². The van der Waals surface area contributed by atoms with E-state index in [4.69, 9.17) is 38.3 Å². The van der Waals surface area contributed by atoms with Crippen LogP contribution in [-0.2, 0) is 20.8 Å². The average Bonchev–Trinajstić information content (AvgIpc) is 3.15. The van der Waals surface area contributed by atoms with Crippen LogP contribution in [0.1, 0.15) is 45.2 Å². The van der Waals surface area contributed by atoms with Crippen molar-refractivity contribution in [2.75, 3.05) is 6.54 Å². The number of hydrogen-bond donors (Lipinski definition) is 8. The summed E-state index contributed by atoms with van der Waals surface area (Å²) in [7, 11) is 0. The number of nitrogens with zero attached hydrogens (tertiary/aromatic N) is 1. The van der Waals surface area contributed by atoms with E-state index in [2.05, 4.69) is 9.97 Å². The van der Waals surface area contributed by atoms with Gasteiger partial charge in [0.25, 0.3) is 0 Å². The molecule has 12 heteroatoms. The van der Waals surface area contributed by atoms with Crippen molar-refractivity contribution < 1.29 is 29.7 Å². The zero-order valence-corrected chi connectivity index (χ0v) is 17.5. The van der Waals surface area contributed by atoms with Gasteiger partial charge in [0.2, 0.25) is 0 Å². The molecule has 0 aliphatic carbocycles. The number of nitrogens with one attached hydrogen (secondary N) is 1. The lowest BCUT2D eigenvalue weighted by atomic mass is 10.1. The number of aromatic nitrogens is 2. The predicted octanol–water partition coefficient (Wildman–Crippen LogP) is -0.664. The highest BCUT2D eigenvalue weighted by Crippen LogP contribution is 2.01. The van der Waals surface area contributed by atoms with E-state index in [1.807, 2.05) is 13.8 Å². The minimum absolute atomic E-state index is 0.263. The third kappa shape index (κ3) is 17.6. The van der Waals surface area contributed by atoms with Crippen molar-refractivity contribution in [3.8, 4) is 0 Å². The third-order valence-corrected chi connectivity index (χ3v) is 3.63. The van der Waals surface area contributed by atoms with Gasteiger partial charge in [-0.2, -0.15) is 0 Å². The van der Waals surface area contributed by atoms with Crippen molar-refractivity contribution in [1.82, 2.24) is 9.97 Å². The zero-order valence-electron chi connectivity index (χ0n) is 17.5. The molecule has 0 bridgehead atoms. The Hall–Kier alpha value is -2.54. The van der Waals surface area contributed by atoms with E-state index in [0.717, 1.165) is 12.8 Å². The van der Waals surface area contributed by atoms with Crippen LogP contribution in [0.15, 0.2) is 12.5 Å². The molecule has 0 aliphatic rings. The first-order valence-corrected chi connectivity index (χ1v) is 9.55. The fraction of sp³-hybridized carbons (Fsp3) is 0.667. The summed E-state index contributed by atoms with van der Waals surface area (Å²) in [4.78, 5) is 37.1. The highest BCUT2D eigenvalue weighted by Gasteiger charge is 2.13. The van der Waals surface area contributed by atoms with E-state index in [-0.39, 0.29) is 6.42 Å². The Kier molecular flexibility index (Phi) is 17.1. The number of carboxylic acids is 3. The van der Waals surface area contributed by atoms with Crippen molar-refractivity contribution in [1.29, 1.82) is 0 Å². The van der Waals surface area contributed by atoms with Gasteiger partial charge in [0.1, 0.15) is 18.1 Å². The summed E-state index contributed by atoms with van der Waals surface area (Å²) in [6, 6.07) is -2.27. The van der Waals surface area contributed by atoms with Crippen molar-refractivity contribution in [3.05, 3.63) is 18.2 Å². The fourth-order valence-electron chi connectivity index (χ4n) is 1.96. The molecule has 0 aromatic carbocycles. The Morgan fingerprint density at radius 2 is 1.50 bits per heavy atom. The second-order valence-corrected chi connectivity index (χ2v) is 7.01. The molecule has 0 saturated carbocycles. The van der Waals surface area contributed by atoms with Gasteiger partial charge in [0.15, 0.2) is 0 Å². The molecule has 0 unspecified atom stereocenters. The maximum absolute atomic E-state index is 10.3. The van der Waals surface area contributed by atoms with Crippen LogP contribution in [-0.4, -0.2) is 67.9 Å². The molecule has 174 valence electrons. The molecule has 0 spiro atoms. The fourth-order valence-corrected chi connectivity index (χ4v) is 1.96. The van der Waals surface area contributed by atoms with Crippen LogP contribution in [0.3, 0.4) is 0 Å². The number of carboxylic acid groups (broad SMARTS) is 3. The molecule has 0 fully saturated rings. The molecule has 12 N–H and O–H groups in total. The average molecular weight is 433 g/mol. The van der Waals surface area contributed by atoms with E-state index < -0.39 is 36.0 Å². The maximum atomic E-state index is 10.3. The molecule has 3 atom stereocenters. The normalized spacial score (nSPS) is 13.2. The van der Waals surface area contributed by atoms with Gasteiger partial charge in [0.05, 0.1) is 12.0 Å². The lowest BCUT2D eigenvalue weighted by Gasteiger charge is -2.07. The summed E-state index contributed by atoms with van der Waals surface area (Å²) in [6.07, 6.45) is 6.10. The maximum Gasteiger partial charge on any atom is 0.320 e. The molecular weight excluding hydrogens is 396 g/mol. The molecule has 0 amide bonds. The summed E-state index contributed by atoms with van der Waals surface area (Å²) in [6.45, 7) is 4.50.